The number of nitrogens with zero attached hydrogens (tertiary/aromatic N) is 2. The highest BCUT2D eigenvalue weighted by atomic mass is 35.5. The van der Waals surface area contributed by atoms with Gasteiger partial charge in [0.25, 0.3) is 5.56 Å². The molecule has 1 fully saturated rings. The molecule has 1 aliphatic heterocycles. The molecule has 0 bridgehead atoms. The number of halogens is 2. The molecule has 172 valence electrons. The van der Waals surface area contributed by atoms with Crippen molar-refractivity contribution in [2.24, 2.45) is 0 Å². The summed E-state index contributed by atoms with van der Waals surface area (Å²) in [6, 6.07) is 12.4. The summed E-state index contributed by atoms with van der Waals surface area (Å²) < 4.78 is 24.5. The van der Waals surface area contributed by atoms with Crippen LogP contribution in [0.1, 0.15) is 20.3 Å². The zero-order valence-corrected chi connectivity index (χ0v) is 19.0. The first-order valence-electron chi connectivity index (χ1n) is 10.2. The fourth-order valence-corrected chi connectivity index (χ4v) is 2.83. The van der Waals surface area contributed by atoms with E-state index in [0.29, 0.717) is 29.5 Å². The molecular weight excluding hydrogens is 437 g/mol. The van der Waals surface area contributed by atoms with Gasteiger partial charge in [0, 0.05) is 13.7 Å². The lowest BCUT2D eigenvalue weighted by Gasteiger charge is -2.09. The number of rotatable bonds is 4. The lowest BCUT2D eigenvalue weighted by molar-refractivity contribution is 0.127. The molecule has 3 aromatic rings. The maximum Gasteiger partial charge on any atom is 0.292 e. The number of anilines is 1. The highest BCUT2D eigenvalue weighted by Gasteiger charge is 2.10. The molecule has 0 radical (unpaired) electrons. The Balaban J connectivity index is 0.000000387. The molecular formula is C23H27ClFN3O4. The number of aromatic nitrogens is 2. The molecule has 1 atom stereocenters. The van der Waals surface area contributed by atoms with Gasteiger partial charge in [0.05, 0.1) is 30.3 Å². The molecule has 2 heterocycles. The van der Waals surface area contributed by atoms with Crippen molar-refractivity contribution >= 4 is 17.3 Å². The Morgan fingerprint density at radius 2 is 1.75 bits per heavy atom. The van der Waals surface area contributed by atoms with E-state index in [-0.39, 0.29) is 16.9 Å². The van der Waals surface area contributed by atoms with Crippen LogP contribution in [0, 0.1) is 5.82 Å². The van der Waals surface area contributed by atoms with E-state index in [1.807, 2.05) is 13.8 Å². The molecule has 0 aliphatic carbocycles. The Labute approximate surface area is 191 Å². The third-order valence-electron chi connectivity index (χ3n) is 4.22. The van der Waals surface area contributed by atoms with Crippen LogP contribution in [0.5, 0.6) is 11.5 Å². The minimum Gasteiger partial charge on any atom is -0.457 e. The normalized spacial score (nSPS) is 14.5. The highest BCUT2D eigenvalue weighted by molar-refractivity contribution is 6.32. The molecule has 2 N–H and O–H groups in total. The second kappa shape index (κ2) is 12.8. The summed E-state index contributed by atoms with van der Waals surface area (Å²) in [4.78, 5) is 12.2. The minimum absolute atomic E-state index is 0.0686. The van der Waals surface area contributed by atoms with E-state index in [2.05, 4.69) is 10.4 Å². The largest absolute Gasteiger partial charge is 0.457 e. The first-order chi connectivity index (χ1) is 15.5. The highest BCUT2D eigenvalue weighted by Crippen LogP contribution is 2.23. The first-order valence-corrected chi connectivity index (χ1v) is 10.6. The van der Waals surface area contributed by atoms with E-state index < -0.39 is 5.56 Å². The summed E-state index contributed by atoms with van der Waals surface area (Å²) in [7, 11) is 1.66. The quantitative estimate of drug-likeness (QED) is 0.585. The van der Waals surface area contributed by atoms with Crippen LogP contribution < -0.4 is 15.6 Å². The number of nitrogens with one attached hydrogen (secondary N) is 1. The van der Waals surface area contributed by atoms with E-state index in [1.165, 1.54) is 35.1 Å². The summed E-state index contributed by atoms with van der Waals surface area (Å²) >= 11 is 6.01. The molecule has 7 nitrogen and oxygen atoms in total. The van der Waals surface area contributed by atoms with Gasteiger partial charge in [0.1, 0.15) is 22.3 Å². The molecule has 1 aromatic heterocycles. The SMILES string of the molecule is CC.CNc1cnn(-c2ccc(Oc3ccc(F)cc3)cc2)c(=O)c1Cl.OC1CCOC1. The first kappa shape index (κ1) is 25.3. The van der Waals surface area contributed by atoms with Gasteiger partial charge >= 0.3 is 0 Å². The van der Waals surface area contributed by atoms with Crippen LogP contribution >= 0.6 is 11.6 Å². The van der Waals surface area contributed by atoms with Crippen LogP contribution in [0.3, 0.4) is 0 Å². The van der Waals surface area contributed by atoms with E-state index in [9.17, 15) is 9.18 Å². The molecule has 4 rings (SSSR count). The number of benzene rings is 2. The van der Waals surface area contributed by atoms with Crippen molar-refractivity contribution in [3.05, 3.63) is 75.9 Å². The zero-order chi connectivity index (χ0) is 23.5. The summed E-state index contributed by atoms with van der Waals surface area (Å²) in [5.41, 5.74) is 0.598. The Morgan fingerprint density at radius 1 is 1.16 bits per heavy atom. The van der Waals surface area contributed by atoms with Crippen molar-refractivity contribution < 1.29 is 19.0 Å². The van der Waals surface area contributed by atoms with Crippen molar-refractivity contribution in [2.75, 3.05) is 25.6 Å². The average Bonchev–Trinajstić information content (AvgIpc) is 3.30. The van der Waals surface area contributed by atoms with E-state index in [4.69, 9.17) is 26.2 Å². The monoisotopic (exact) mass is 463 g/mol. The van der Waals surface area contributed by atoms with Gasteiger partial charge in [0.15, 0.2) is 0 Å². The molecule has 1 aliphatic rings. The fourth-order valence-electron chi connectivity index (χ4n) is 2.61. The summed E-state index contributed by atoms with van der Waals surface area (Å²) in [6.07, 6.45) is 2.12. The van der Waals surface area contributed by atoms with E-state index in [0.717, 1.165) is 13.0 Å². The summed E-state index contributed by atoms with van der Waals surface area (Å²) in [6.45, 7) is 5.28. The van der Waals surface area contributed by atoms with Gasteiger partial charge < -0.3 is 19.9 Å². The van der Waals surface area contributed by atoms with Gasteiger partial charge in [-0.25, -0.2) is 4.39 Å². The molecule has 2 aromatic carbocycles. The van der Waals surface area contributed by atoms with Crippen molar-refractivity contribution in [3.63, 3.8) is 0 Å². The number of hydrogen-bond donors (Lipinski definition) is 2. The lowest BCUT2D eigenvalue weighted by atomic mass is 10.3. The maximum atomic E-state index is 12.9. The fraction of sp³-hybridized carbons (Fsp3) is 0.304. The van der Waals surface area contributed by atoms with Crippen LogP contribution in [0.4, 0.5) is 10.1 Å². The number of hydrogen-bond acceptors (Lipinski definition) is 6. The van der Waals surface area contributed by atoms with Crippen LogP contribution in [0.2, 0.25) is 5.02 Å². The molecule has 32 heavy (non-hydrogen) atoms. The van der Waals surface area contributed by atoms with Crippen LogP contribution in [0.15, 0.2) is 59.5 Å². The summed E-state index contributed by atoms with van der Waals surface area (Å²) in [5.74, 6) is 0.738. The Bertz CT molecular complexity index is 1020. The maximum absolute atomic E-state index is 12.9. The molecule has 0 saturated carbocycles. The predicted octanol–water partition coefficient (Wildman–Crippen LogP) is 4.65. The van der Waals surface area contributed by atoms with Crippen molar-refractivity contribution in [3.8, 4) is 17.2 Å². The average molecular weight is 464 g/mol. The van der Waals surface area contributed by atoms with E-state index in [1.54, 1.807) is 31.3 Å². The lowest BCUT2D eigenvalue weighted by Crippen LogP contribution is -2.22. The minimum atomic E-state index is -0.421. The van der Waals surface area contributed by atoms with E-state index >= 15 is 0 Å². The standard InChI is InChI=1S/C17H13ClFN3O2.C4H8O2.C2H6/c1-20-15-10-21-22(17(23)16(15)18)12-4-8-14(9-5-12)24-13-6-2-11(19)3-7-13;5-4-1-2-6-3-4;1-2/h2-10,20H,1H3;4-5H,1-3H2;1-2H3. The van der Waals surface area contributed by atoms with Gasteiger partial charge in [-0.3, -0.25) is 4.79 Å². The zero-order valence-electron chi connectivity index (χ0n) is 18.2. The van der Waals surface area contributed by atoms with Crippen LogP contribution in [-0.4, -0.2) is 41.3 Å². The van der Waals surface area contributed by atoms with Crippen molar-refractivity contribution in [1.82, 2.24) is 9.78 Å². The van der Waals surface area contributed by atoms with Crippen molar-refractivity contribution in [1.29, 1.82) is 0 Å². The molecule has 1 saturated heterocycles. The Hall–Kier alpha value is -2.94. The van der Waals surface area contributed by atoms with Crippen LogP contribution in [0.25, 0.3) is 5.69 Å². The van der Waals surface area contributed by atoms with Gasteiger partial charge in [0.2, 0.25) is 0 Å². The third kappa shape index (κ3) is 7.05. The second-order valence-electron chi connectivity index (χ2n) is 6.41. The number of ether oxygens (including phenoxy) is 2. The smallest absolute Gasteiger partial charge is 0.292 e. The third-order valence-corrected chi connectivity index (χ3v) is 4.59. The number of aliphatic hydroxyl groups is 1. The van der Waals surface area contributed by atoms with Gasteiger partial charge in [-0.05, 0) is 55.0 Å². The van der Waals surface area contributed by atoms with Gasteiger partial charge in [-0.15, -0.1) is 0 Å². The second-order valence-corrected chi connectivity index (χ2v) is 6.78. The van der Waals surface area contributed by atoms with Crippen molar-refractivity contribution in [2.45, 2.75) is 26.4 Å². The molecule has 9 heteroatoms. The summed E-state index contributed by atoms with van der Waals surface area (Å²) in [5, 5.41) is 15.6. The Morgan fingerprint density at radius 3 is 2.22 bits per heavy atom. The van der Waals surface area contributed by atoms with Gasteiger partial charge in [-0.2, -0.15) is 9.78 Å². The number of aliphatic hydroxyl groups excluding tert-OH is 1. The topological polar surface area (TPSA) is 85.6 Å². The molecule has 0 spiro atoms. The Kier molecular flexibility index (Phi) is 10.1. The molecule has 0 amide bonds. The van der Waals surface area contributed by atoms with Gasteiger partial charge in [-0.1, -0.05) is 25.4 Å². The van der Waals surface area contributed by atoms with Crippen LogP contribution in [-0.2, 0) is 4.74 Å². The predicted molar refractivity (Wildman–Crippen MR) is 124 cm³/mol. The molecule has 1 unspecified atom stereocenters.